The van der Waals surface area contributed by atoms with E-state index in [0.29, 0.717) is 0 Å². The predicted octanol–water partition coefficient (Wildman–Crippen LogP) is 1.16. The molecule has 0 saturated carbocycles. The Kier molecular flexibility index (Phi) is 1.11. The van der Waals surface area contributed by atoms with Crippen molar-refractivity contribution in [2.75, 3.05) is 6.54 Å². The van der Waals surface area contributed by atoms with Gasteiger partial charge in [0.25, 0.3) is 0 Å². The molecule has 3 heteroatoms. The second kappa shape index (κ2) is 1.47. The van der Waals surface area contributed by atoms with Gasteiger partial charge in [0.05, 0.1) is 21.6 Å². The van der Waals surface area contributed by atoms with Gasteiger partial charge >= 0.3 is 0 Å². The highest BCUT2D eigenvalue weighted by Crippen LogP contribution is 2.32. The Morgan fingerprint density at radius 2 is 2.25 bits per heavy atom. The smallest absolute Gasteiger partial charge is 0.239 e. The molecule has 0 atom stereocenters. The van der Waals surface area contributed by atoms with Crippen LogP contribution in [-0.4, -0.2) is 16.4 Å². The number of nitrogens with zero attached hydrogens (tertiary/aromatic N) is 1. The summed E-state index contributed by atoms with van der Waals surface area (Å²) in [6.07, 6.45) is 0. The molecule has 0 bridgehead atoms. The van der Waals surface area contributed by atoms with Crippen LogP contribution >= 0.6 is 16.1 Å². The van der Waals surface area contributed by atoms with E-state index in [1.165, 1.54) is 0 Å². The first-order valence-electron chi connectivity index (χ1n) is 2.52. The quantitative estimate of drug-likeness (QED) is 0.402. The van der Waals surface area contributed by atoms with Crippen LogP contribution in [0.2, 0.25) is 0 Å². The average Bonchev–Trinajstić information content (AvgIpc) is 1.65. The Morgan fingerprint density at radius 3 is 2.25 bits per heavy atom. The molecule has 1 rings (SSSR count). The molecular weight excluding hydrogens is 170 g/mol. The van der Waals surface area contributed by atoms with Crippen LogP contribution in [0.3, 0.4) is 0 Å². The first-order chi connectivity index (χ1) is 3.54. The minimum absolute atomic E-state index is 0.108. The third-order valence-electron chi connectivity index (χ3n) is 1.33. The van der Waals surface area contributed by atoms with Crippen molar-refractivity contribution in [3.05, 3.63) is 0 Å². The van der Waals surface area contributed by atoms with Gasteiger partial charge in [-0.05, 0) is 13.8 Å². The minimum Gasteiger partial charge on any atom is -0.277 e. The van der Waals surface area contributed by atoms with E-state index in [1.807, 2.05) is 13.8 Å². The van der Waals surface area contributed by atoms with Crippen molar-refractivity contribution in [3.63, 3.8) is 0 Å². The molecule has 0 radical (unpaired) electrons. The van der Waals surface area contributed by atoms with Gasteiger partial charge in [-0.15, -0.1) is 0 Å². The maximum Gasteiger partial charge on any atom is 0.239 e. The van der Waals surface area contributed by atoms with Crippen molar-refractivity contribution in [3.8, 4) is 0 Å². The summed E-state index contributed by atoms with van der Waals surface area (Å²) in [5, 5.41) is 0. The van der Waals surface area contributed by atoms with E-state index in [9.17, 15) is 4.79 Å². The maximum absolute atomic E-state index is 10.8. The van der Waals surface area contributed by atoms with Crippen LogP contribution in [0.15, 0.2) is 0 Å². The molecule has 0 unspecified atom stereocenters. The number of carbonyl (C=O) groups is 1. The summed E-state index contributed by atoms with van der Waals surface area (Å²) in [5.74, 6) is 0.178. The summed E-state index contributed by atoms with van der Waals surface area (Å²) in [6, 6.07) is 0. The lowest BCUT2D eigenvalue weighted by Gasteiger charge is -2.39. The predicted molar refractivity (Wildman–Crippen MR) is 34.4 cm³/mol. The molecule has 1 aliphatic heterocycles. The van der Waals surface area contributed by atoms with Crippen LogP contribution in [0.5, 0.6) is 0 Å². The van der Waals surface area contributed by atoms with Gasteiger partial charge < -0.3 is 0 Å². The van der Waals surface area contributed by atoms with Crippen LogP contribution in [-0.2, 0) is 4.79 Å². The van der Waals surface area contributed by atoms with E-state index >= 15 is 0 Å². The molecule has 1 saturated heterocycles. The SMILES string of the molecule is CC1(C)CN(Br)C1=O. The average molecular weight is 178 g/mol. The molecular formula is C5H8BrNO. The lowest BCUT2D eigenvalue weighted by molar-refractivity contribution is -0.146. The van der Waals surface area contributed by atoms with E-state index < -0.39 is 0 Å². The van der Waals surface area contributed by atoms with Gasteiger partial charge in [0.2, 0.25) is 5.91 Å². The number of hydrogen-bond acceptors (Lipinski definition) is 1. The van der Waals surface area contributed by atoms with E-state index in [4.69, 9.17) is 0 Å². The van der Waals surface area contributed by atoms with Crippen LogP contribution < -0.4 is 0 Å². The first-order valence-corrected chi connectivity index (χ1v) is 3.23. The lowest BCUT2D eigenvalue weighted by Crippen LogP contribution is -2.53. The number of rotatable bonds is 0. The Bertz CT molecular complexity index is 132. The molecule has 0 aromatic rings. The van der Waals surface area contributed by atoms with Crippen molar-refractivity contribution >= 4 is 22.1 Å². The molecule has 0 aliphatic carbocycles. The van der Waals surface area contributed by atoms with Gasteiger partial charge in [0, 0.05) is 6.54 Å². The van der Waals surface area contributed by atoms with Crippen LogP contribution in [0.1, 0.15) is 13.8 Å². The molecule has 1 aliphatic rings. The zero-order chi connectivity index (χ0) is 6.36. The fourth-order valence-electron chi connectivity index (χ4n) is 0.724. The molecule has 0 spiro atoms. The Morgan fingerprint density at radius 1 is 1.75 bits per heavy atom. The van der Waals surface area contributed by atoms with Gasteiger partial charge in [-0.3, -0.25) is 8.72 Å². The molecule has 2 nitrogen and oxygen atoms in total. The molecule has 46 valence electrons. The second-order valence-electron chi connectivity index (χ2n) is 2.71. The molecule has 0 aromatic heterocycles. The number of hydrogen-bond donors (Lipinski definition) is 0. The summed E-state index contributed by atoms with van der Waals surface area (Å²) in [7, 11) is 0. The second-order valence-corrected chi connectivity index (χ2v) is 3.57. The molecule has 1 heterocycles. The Labute approximate surface area is 57.2 Å². The van der Waals surface area contributed by atoms with Crippen molar-refractivity contribution < 1.29 is 4.79 Å². The number of carbonyl (C=O) groups excluding carboxylic acids is 1. The molecule has 1 fully saturated rings. The van der Waals surface area contributed by atoms with Crippen molar-refractivity contribution in [1.29, 1.82) is 0 Å². The lowest BCUT2D eigenvalue weighted by atomic mass is 9.86. The van der Waals surface area contributed by atoms with Crippen molar-refractivity contribution in [1.82, 2.24) is 3.93 Å². The fourth-order valence-corrected chi connectivity index (χ4v) is 1.83. The summed E-state index contributed by atoms with van der Waals surface area (Å²) >= 11 is 3.08. The topological polar surface area (TPSA) is 20.3 Å². The minimum atomic E-state index is -0.108. The summed E-state index contributed by atoms with van der Waals surface area (Å²) in [6.45, 7) is 4.70. The Hall–Kier alpha value is -0.0500. The van der Waals surface area contributed by atoms with Gasteiger partial charge in [-0.25, -0.2) is 0 Å². The molecule has 1 amide bonds. The zero-order valence-corrected chi connectivity index (χ0v) is 6.53. The highest BCUT2D eigenvalue weighted by atomic mass is 79.9. The molecule has 0 aromatic carbocycles. The van der Waals surface area contributed by atoms with Gasteiger partial charge in [0.15, 0.2) is 0 Å². The van der Waals surface area contributed by atoms with Crippen LogP contribution in [0.25, 0.3) is 0 Å². The number of halogens is 1. The number of β-lactam (4-membered cyclic amide) rings is 1. The summed E-state index contributed by atoms with van der Waals surface area (Å²) in [5.41, 5.74) is -0.108. The largest absolute Gasteiger partial charge is 0.277 e. The fraction of sp³-hybridized carbons (Fsp3) is 0.800. The molecule has 0 N–H and O–H groups in total. The van der Waals surface area contributed by atoms with E-state index in [-0.39, 0.29) is 11.3 Å². The first kappa shape index (κ1) is 6.08. The highest BCUT2D eigenvalue weighted by molar-refractivity contribution is 9.07. The molecule has 8 heavy (non-hydrogen) atoms. The third kappa shape index (κ3) is 0.652. The zero-order valence-electron chi connectivity index (χ0n) is 4.94. The summed E-state index contributed by atoms with van der Waals surface area (Å²) < 4.78 is 1.55. The van der Waals surface area contributed by atoms with Crippen molar-refractivity contribution in [2.24, 2.45) is 5.41 Å². The normalized spacial score (nSPS) is 25.4. The van der Waals surface area contributed by atoms with E-state index in [2.05, 4.69) is 16.1 Å². The van der Waals surface area contributed by atoms with E-state index in [1.54, 1.807) is 3.93 Å². The summed E-state index contributed by atoms with van der Waals surface area (Å²) in [4.78, 5) is 10.8. The standard InChI is InChI=1S/C5H8BrNO/c1-5(2)3-7(6)4(5)8/h3H2,1-2H3. The van der Waals surface area contributed by atoms with Crippen LogP contribution in [0, 0.1) is 5.41 Å². The van der Waals surface area contributed by atoms with E-state index in [0.717, 1.165) is 6.54 Å². The van der Waals surface area contributed by atoms with Crippen molar-refractivity contribution in [2.45, 2.75) is 13.8 Å². The monoisotopic (exact) mass is 177 g/mol. The third-order valence-corrected chi connectivity index (χ3v) is 1.91. The highest BCUT2D eigenvalue weighted by Gasteiger charge is 2.42. The maximum atomic E-state index is 10.8. The van der Waals surface area contributed by atoms with Crippen LogP contribution in [0.4, 0.5) is 0 Å². The van der Waals surface area contributed by atoms with Gasteiger partial charge in [-0.2, -0.15) is 0 Å². The number of amides is 1. The van der Waals surface area contributed by atoms with Gasteiger partial charge in [-0.1, -0.05) is 0 Å². The Balaban J connectivity index is 2.61. The van der Waals surface area contributed by atoms with Gasteiger partial charge in [0.1, 0.15) is 0 Å².